The second kappa shape index (κ2) is 7.42. The molecule has 0 radical (unpaired) electrons. The summed E-state index contributed by atoms with van der Waals surface area (Å²) >= 11 is 6.21. The Hall–Kier alpha value is -0.600. The Kier molecular flexibility index (Phi) is 5.86. The maximum atomic E-state index is 13.4. The van der Waals surface area contributed by atoms with Gasteiger partial charge in [-0.25, -0.2) is 4.39 Å². The summed E-state index contributed by atoms with van der Waals surface area (Å²) in [5.74, 6) is 1.34. The number of hydrogen-bond donors (Lipinski definition) is 1. The summed E-state index contributed by atoms with van der Waals surface area (Å²) < 4.78 is 13.4. The molecule has 1 nitrogen and oxygen atoms in total. The molecule has 0 spiro atoms. The van der Waals surface area contributed by atoms with E-state index in [0.717, 1.165) is 24.4 Å². The Bertz CT molecular complexity index is 427. The number of likely N-dealkylation sites (N-methyl/N-ethyl adjacent to an activating group) is 1. The van der Waals surface area contributed by atoms with Crippen LogP contribution in [0, 0.1) is 17.7 Å². The lowest BCUT2D eigenvalue weighted by molar-refractivity contribution is 0.230. The number of rotatable bonds is 5. The van der Waals surface area contributed by atoms with E-state index in [4.69, 9.17) is 11.6 Å². The molecule has 1 aliphatic carbocycles. The van der Waals surface area contributed by atoms with Crippen LogP contribution in [0.3, 0.4) is 0 Å². The highest BCUT2D eigenvalue weighted by atomic mass is 35.5. The molecule has 112 valence electrons. The van der Waals surface area contributed by atoms with Gasteiger partial charge in [-0.05, 0) is 61.4 Å². The minimum atomic E-state index is -0.197. The molecular formula is C17H25ClFN. The van der Waals surface area contributed by atoms with Gasteiger partial charge < -0.3 is 5.32 Å². The van der Waals surface area contributed by atoms with Crippen LogP contribution in [0.15, 0.2) is 18.2 Å². The third kappa shape index (κ3) is 4.20. The Morgan fingerprint density at radius 1 is 1.30 bits per heavy atom. The smallest absolute Gasteiger partial charge is 0.123 e. The fourth-order valence-corrected chi connectivity index (χ4v) is 3.49. The van der Waals surface area contributed by atoms with Gasteiger partial charge in [0, 0.05) is 11.1 Å². The molecule has 1 aromatic rings. The second-order valence-electron chi connectivity index (χ2n) is 6.12. The summed E-state index contributed by atoms with van der Waals surface area (Å²) in [6.45, 7) is 5.41. The standard InChI is InChI=1S/C17H25ClFN/c1-3-20-17(13-6-4-12(2)5-7-13)11-14-10-15(19)8-9-16(14)18/h8-10,12-13,17,20H,3-7,11H2,1-2H3. The molecule has 0 aliphatic heterocycles. The fraction of sp³-hybridized carbons (Fsp3) is 0.647. The zero-order valence-electron chi connectivity index (χ0n) is 12.5. The first-order valence-corrected chi connectivity index (χ1v) is 8.15. The molecule has 1 saturated carbocycles. The summed E-state index contributed by atoms with van der Waals surface area (Å²) in [4.78, 5) is 0. The van der Waals surface area contributed by atoms with E-state index in [-0.39, 0.29) is 5.82 Å². The number of halogens is 2. The number of benzene rings is 1. The molecule has 1 unspecified atom stereocenters. The van der Waals surface area contributed by atoms with E-state index in [2.05, 4.69) is 19.2 Å². The van der Waals surface area contributed by atoms with Crippen LogP contribution in [0.1, 0.15) is 45.1 Å². The molecule has 2 rings (SSSR count). The first-order chi connectivity index (χ1) is 9.60. The topological polar surface area (TPSA) is 12.0 Å². The molecule has 0 saturated heterocycles. The molecule has 0 amide bonds. The van der Waals surface area contributed by atoms with Crippen molar-refractivity contribution in [2.24, 2.45) is 11.8 Å². The number of nitrogens with one attached hydrogen (secondary N) is 1. The van der Waals surface area contributed by atoms with Gasteiger partial charge in [0.1, 0.15) is 5.82 Å². The third-order valence-corrected chi connectivity index (χ3v) is 4.91. The molecule has 20 heavy (non-hydrogen) atoms. The highest BCUT2D eigenvalue weighted by Gasteiger charge is 2.26. The van der Waals surface area contributed by atoms with Crippen LogP contribution in [0.25, 0.3) is 0 Å². The Balaban J connectivity index is 2.06. The van der Waals surface area contributed by atoms with Gasteiger partial charge >= 0.3 is 0 Å². The molecule has 1 N–H and O–H groups in total. The predicted molar refractivity (Wildman–Crippen MR) is 83.7 cm³/mol. The fourth-order valence-electron chi connectivity index (χ4n) is 3.29. The van der Waals surface area contributed by atoms with Crippen molar-refractivity contribution in [1.29, 1.82) is 0 Å². The number of hydrogen-bond acceptors (Lipinski definition) is 1. The molecule has 1 atom stereocenters. The summed E-state index contributed by atoms with van der Waals surface area (Å²) in [5.41, 5.74) is 0.927. The van der Waals surface area contributed by atoms with Crippen LogP contribution < -0.4 is 5.32 Å². The third-order valence-electron chi connectivity index (χ3n) is 4.54. The van der Waals surface area contributed by atoms with E-state index in [0.29, 0.717) is 17.0 Å². The van der Waals surface area contributed by atoms with E-state index in [9.17, 15) is 4.39 Å². The molecule has 1 fully saturated rings. The average molecular weight is 298 g/mol. The Morgan fingerprint density at radius 3 is 2.65 bits per heavy atom. The van der Waals surface area contributed by atoms with Crippen LogP contribution in [0.4, 0.5) is 4.39 Å². The molecule has 1 aliphatic rings. The molecule has 0 bridgehead atoms. The molecule has 1 aromatic carbocycles. The maximum Gasteiger partial charge on any atom is 0.123 e. The van der Waals surface area contributed by atoms with Crippen molar-refractivity contribution < 1.29 is 4.39 Å². The van der Waals surface area contributed by atoms with Gasteiger partial charge in [-0.15, -0.1) is 0 Å². The van der Waals surface area contributed by atoms with Gasteiger partial charge in [-0.2, -0.15) is 0 Å². The van der Waals surface area contributed by atoms with Crippen molar-refractivity contribution in [2.75, 3.05) is 6.54 Å². The zero-order valence-corrected chi connectivity index (χ0v) is 13.2. The average Bonchev–Trinajstić information content (AvgIpc) is 2.43. The lowest BCUT2D eigenvalue weighted by atomic mass is 9.77. The van der Waals surface area contributed by atoms with Gasteiger partial charge in [0.15, 0.2) is 0 Å². The monoisotopic (exact) mass is 297 g/mol. The SMILES string of the molecule is CCNC(Cc1cc(F)ccc1Cl)C1CCC(C)CC1. The largest absolute Gasteiger partial charge is 0.314 e. The molecule has 0 aromatic heterocycles. The molecular weight excluding hydrogens is 273 g/mol. The van der Waals surface area contributed by atoms with Crippen LogP contribution >= 0.6 is 11.6 Å². The van der Waals surface area contributed by atoms with Gasteiger partial charge in [0.2, 0.25) is 0 Å². The summed E-state index contributed by atoms with van der Waals surface area (Å²) in [6, 6.07) is 5.08. The Morgan fingerprint density at radius 2 is 2.00 bits per heavy atom. The summed E-state index contributed by atoms with van der Waals surface area (Å²) in [6.07, 6.45) is 5.98. The highest BCUT2D eigenvalue weighted by Crippen LogP contribution is 2.32. The van der Waals surface area contributed by atoms with E-state index in [1.165, 1.54) is 31.7 Å². The van der Waals surface area contributed by atoms with Gasteiger partial charge in [-0.3, -0.25) is 0 Å². The molecule has 0 heterocycles. The van der Waals surface area contributed by atoms with Crippen molar-refractivity contribution in [1.82, 2.24) is 5.32 Å². The summed E-state index contributed by atoms with van der Waals surface area (Å²) in [5, 5.41) is 4.26. The van der Waals surface area contributed by atoms with E-state index < -0.39 is 0 Å². The predicted octanol–water partition coefficient (Wildman–Crippen LogP) is 4.83. The van der Waals surface area contributed by atoms with E-state index in [1.54, 1.807) is 12.1 Å². The summed E-state index contributed by atoms with van der Waals surface area (Å²) in [7, 11) is 0. The minimum absolute atomic E-state index is 0.197. The first-order valence-electron chi connectivity index (χ1n) is 7.77. The highest BCUT2D eigenvalue weighted by molar-refractivity contribution is 6.31. The van der Waals surface area contributed by atoms with Crippen molar-refractivity contribution >= 4 is 11.6 Å². The van der Waals surface area contributed by atoms with Crippen molar-refractivity contribution in [3.63, 3.8) is 0 Å². The lowest BCUT2D eigenvalue weighted by Crippen LogP contribution is -2.39. The quantitative estimate of drug-likeness (QED) is 0.821. The van der Waals surface area contributed by atoms with Crippen molar-refractivity contribution in [3.8, 4) is 0 Å². The minimum Gasteiger partial charge on any atom is -0.314 e. The maximum absolute atomic E-state index is 13.4. The zero-order chi connectivity index (χ0) is 14.5. The lowest BCUT2D eigenvalue weighted by Gasteiger charge is -2.33. The van der Waals surface area contributed by atoms with Gasteiger partial charge in [0.25, 0.3) is 0 Å². The van der Waals surface area contributed by atoms with Crippen LogP contribution in [0.5, 0.6) is 0 Å². The van der Waals surface area contributed by atoms with Gasteiger partial charge in [0.05, 0.1) is 0 Å². The molecule has 3 heteroatoms. The van der Waals surface area contributed by atoms with Crippen molar-refractivity contribution in [3.05, 3.63) is 34.6 Å². The Labute approximate surface area is 126 Å². The van der Waals surface area contributed by atoms with Crippen LogP contribution in [0.2, 0.25) is 5.02 Å². The van der Waals surface area contributed by atoms with Crippen LogP contribution in [-0.2, 0) is 6.42 Å². The van der Waals surface area contributed by atoms with E-state index >= 15 is 0 Å². The second-order valence-corrected chi connectivity index (χ2v) is 6.53. The van der Waals surface area contributed by atoms with E-state index in [1.807, 2.05) is 0 Å². The van der Waals surface area contributed by atoms with Crippen molar-refractivity contribution in [2.45, 2.75) is 52.0 Å². The van der Waals surface area contributed by atoms with Gasteiger partial charge in [-0.1, -0.05) is 38.3 Å². The van der Waals surface area contributed by atoms with Crippen LogP contribution in [-0.4, -0.2) is 12.6 Å². The normalized spacial score (nSPS) is 24.6. The first kappa shape index (κ1) is 15.8.